The van der Waals surface area contributed by atoms with Crippen LogP contribution in [0.3, 0.4) is 0 Å². The lowest BCUT2D eigenvalue weighted by Crippen LogP contribution is -2.54. The van der Waals surface area contributed by atoms with Gasteiger partial charge in [0.05, 0.1) is 29.7 Å². The van der Waals surface area contributed by atoms with Crippen LogP contribution in [0.4, 0.5) is 22.0 Å². The highest BCUT2D eigenvalue weighted by atomic mass is 19.1. The van der Waals surface area contributed by atoms with Crippen molar-refractivity contribution in [1.29, 1.82) is 0 Å². The third-order valence-corrected chi connectivity index (χ3v) is 29.4. The van der Waals surface area contributed by atoms with E-state index in [9.17, 15) is 69.9 Å². The second kappa shape index (κ2) is 34.8. The molecule has 6 atom stereocenters. The molecule has 0 N–H and O–H groups in total. The summed E-state index contributed by atoms with van der Waals surface area (Å²) in [7, 11) is 0. The molecule has 0 bridgehead atoms. The molecule has 10 fully saturated rings. The maximum atomic E-state index is 14.2. The molecule has 10 saturated carbocycles. The second-order valence-corrected chi connectivity index (χ2v) is 37.8. The molecule has 0 saturated heterocycles. The topological polar surface area (TPSA) is 187 Å². The van der Waals surface area contributed by atoms with Crippen LogP contribution >= 0.6 is 0 Å². The molecule has 15 aliphatic rings. The number of hydrogen-bond acceptors (Lipinski definition) is 10. The molecule has 5 aromatic rings. The fraction of sp³-hybridized carbons (Fsp3) is 0.505. The van der Waals surface area contributed by atoms with Crippen LogP contribution in [0.5, 0.6) is 0 Å². The predicted octanol–water partition coefficient (Wildman–Crippen LogP) is 20.8. The number of Topliss-reactive ketones (excluding diaryl/α,β-unsaturated/α-hetero) is 5. The number of amides is 5. The SMILES string of the molecule is C=C1CC(=O)C(N2Cc3c(cc(F)cc3C3CCCC3)C2=O)C(C)C1.C=C1CCC(C)(N2Cc3c(cc(F)cc3C3CCCC3)C2=O)C(=O)C1.C=C1CCC(N2Cc3c(cc(F)cc3C3CC3)C2=O)C(=O)C1.C=C1CCC(N2Cc3c(cc(F)cc3C3CCCC3)C2=O)C(=O)C1.C=C1CCC(N2Cc3c(cc(F)cc3C3CCCCC3)C2=O)C(=O)C1. The number of benzene rings is 5. The number of carbonyl (C=O) groups excluding carboxylic acids is 10. The standard InChI is InChI=1S/3C21H24FNO2.C20H22FNO2.C18H18FNO2/c1-12-7-13(2)20(19(24)8-12)23-11-18-16(14-5-3-4-6-14)9-15(22)10-17(18)21(23)25;1-13-7-8-21(2,19(24)9-13)23-12-18-16(14-5-3-4-6-14)10-15(22)11-17(18)20(23)25;1-13-7-8-19(20(24)9-13)23-12-18-16(14-5-3-2-4-6-14)10-15(22)11-17(18)21(23)25;1-12-6-7-18(19(23)8-12)22-11-17-15(13-4-2-3-5-13)9-14(21)10-16(17)20(22)24;1-10-2-5-16(17(21)6-10)20-9-15-13(11-3-4-11)7-12(19)8-14(15)18(20)22/h9-10,13-14,20H,1,3-8,11H2,2H3;10-11,14H,1,3-9,12H2,2H3;10-11,14,19H,1-9,12H2;9-10,13,18H,1-8,11H2;7-8,11,16H,1-6,9H2. The van der Waals surface area contributed by atoms with Crippen LogP contribution in [0.1, 0.15) is 363 Å². The van der Waals surface area contributed by atoms with E-state index >= 15 is 0 Å². The van der Waals surface area contributed by atoms with Crippen molar-refractivity contribution in [2.24, 2.45) is 5.92 Å². The number of nitrogens with zero attached hydrogens (tertiary/aromatic N) is 5. The van der Waals surface area contributed by atoms with E-state index in [1.54, 1.807) is 54.8 Å². The van der Waals surface area contributed by atoms with Gasteiger partial charge in [-0.15, -0.1) is 0 Å². The van der Waals surface area contributed by atoms with E-state index in [2.05, 4.69) is 32.9 Å². The van der Waals surface area contributed by atoms with E-state index in [0.717, 1.165) is 231 Å². The molecule has 0 spiro atoms. The Labute approximate surface area is 706 Å². The molecule has 121 heavy (non-hydrogen) atoms. The van der Waals surface area contributed by atoms with Crippen LogP contribution in [0.25, 0.3) is 0 Å². The van der Waals surface area contributed by atoms with Crippen molar-refractivity contribution < 1.29 is 69.9 Å². The fourth-order valence-electron chi connectivity index (χ4n) is 22.8. The van der Waals surface area contributed by atoms with Gasteiger partial charge in [0, 0.05) is 92.6 Å². The number of rotatable bonds is 10. The van der Waals surface area contributed by atoms with Crippen molar-refractivity contribution in [1.82, 2.24) is 24.5 Å². The summed E-state index contributed by atoms with van der Waals surface area (Å²) < 4.78 is 70.5. The average molecular weight is 1650 g/mol. The number of carbonyl (C=O) groups is 10. The van der Waals surface area contributed by atoms with Crippen LogP contribution in [0, 0.1) is 35.0 Å². The lowest BCUT2D eigenvalue weighted by Gasteiger charge is -2.40. The molecule has 5 amide bonds. The highest BCUT2D eigenvalue weighted by Crippen LogP contribution is 2.50. The zero-order valence-electron chi connectivity index (χ0n) is 70.2. The van der Waals surface area contributed by atoms with Gasteiger partial charge in [-0.25, -0.2) is 22.0 Å². The number of ketones is 5. The maximum absolute atomic E-state index is 14.2. The van der Waals surface area contributed by atoms with Crippen molar-refractivity contribution in [3.05, 3.63) is 234 Å². The Kier molecular flexibility index (Phi) is 24.4. The summed E-state index contributed by atoms with van der Waals surface area (Å²) in [5, 5.41) is 0. The quantitative estimate of drug-likeness (QED) is 0.0962. The minimum atomic E-state index is -0.805. The Hall–Kier alpha value is -9.85. The molecule has 20 rings (SSSR count). The highest BCUT2D eigenvalue weighted by Gasteiger charge is 2.50. The molecule has 6 unspecified atom stereocenters. The third kappa shape index (κ3) is 17.0. The van der Waals surface area contributed by atoms with Crippen molar-refractivity contribution >= 4 is 58.5 Å². The molecule has 5 aliphatic heterocycles. The van der Waals surface area contributed by atoms with Crippen molar-refractivity contribution in [2.75, 3.05) is 0 Å². The van der Waals surface area contributed by atoms with Crippen LogP contribution in [0.15, 0.2) is 121 Å². The molecule has 5 aromatic carbocycles. The van der Waals surface area contributed by atoms with Gasteiger partial charge < -0.3 is 24.5 Å². The summed E-state index contributed by atoms with van der Waals surface area (Å²) >= 11 is 0. The second-order valence-electron chi connectivity index (χ2n) is 37.8. The molecular formula is C101H112F5N5O10. The smallest absolute Gasteiger partial charge is 0.255 e. The molecule has 10 aliphatic carbocycles. The molecular weight excluding hydrogens is 1540 g/mol. The number of halogens is 5. The van der Waals surface area contributed by atoms with E-state index in [0.29, 0.717) is 148 Å². The van der Waals surface area contributed by atoms with Crippen molar-refractivity contribution in [3.63, 3.8) is 0 Å². The summed E-state index contributed by atoms with van der Waals surface area (Å²) in [5.41, 5.74) is 15.9. The molecule has 15 nitrogen and oxygen atoms in total. The summed E-state index contributed by atoms with van der Waals surface area (Å²) in [6.45, 7) is 25.6. The average Bonchev–Trinajstić information content (AvgIpc) is 1.61. The van der Waals surface area contributed by atoms with Gasteiger partial charge >= 0.3 is 0 Å². The number of allylic oxidation sites excluding steroid dienone is 5. The molecule has 0 aromatic heterocycles. The monoisotopic (exact) mass is 1650 g/mol. The first-order chi connectivity index (χ1) is 58.0. The Morgan fingerprint density at radius 1 is 0.314 bits per heavy atom. The Morgan fingerprint density at radius 2 is 0.595 bits per heavy atom. The predicted molar refractivity (Wildman–Crippen MR) is 451 cm³/mol. The van der Waals surface area contributed by atoms with Gasteiger partial charge in [-0.05, 0) is 281 Å². The van der Waals surface area contributed by atoms with E-state index in [-0.39, 0.29) is 112 Å². The first-order valence-electron chi connectivity index (χ1n) is 44.6. The lowest BCUT2D eigenvalue weighted by molar-refractivity contribution is -0.130. The molecule has 636 valence electrons. The van der Waals surface area contributed by atoms with Gasteiger partial charge in [0.25, 0.3) is 29.5 Å². The molecule has 0 radical (unpaired) electrons. The third-order valence-electron chi connectivity index (χ3n) is 29.4. The van der Waals surface area contributed by atoms with Crippen LogP contribution in [-0.4, -0.2) is 113 Å². The minimum Gasteiger partial charge on any atom is -0.324 e. The molecule has 5 heterocycles. The number of hydrogen-bond donors (Lipinski definition) is 0. The lowest BCUT2D eigenvalue weighted by atomic mass is 9.78. The highest BCUT2D eigenvalue weighted by molar-refractivity contribution is 6.07. The summed E-state index contributed by atoms with van der Waals surface area (Å²) in [5.74, 6) is -0.523. The first kappa shape index (κ1) is 84.7. The van der Waals surface area contributed by atoms with E-state index < -0.39 is 11.6 Å². The fourth-order valence-corrected chi connectivity index (χ4v) is 22.8. The normalized spacial score (nSPS) is 25.8. The van der Waals surface area contributed by atoms with Gasteiger partial charge in [0.15, 0.2) is 28.9 Å². The zero-order chi connectivity index (χ0) is 85.3. The zero-order valence-corrected chi connectivity index (χ0v) is 70.2. The van der Waals surface area contributed by atoms with Gasteiger partial charge in [0.2, 0.25) is 0 Å². The van der Waals surface area contributed by atoms with Crippen LogP contribution in [0.2, 0.25) is 0 Å². The molecule has 20 heteroatoms. The van der Waals surface area contributed by atoms with E-state index in [1.807, 2.05) is 13.8 Å². The maximum Gasteiger partial charge on any atom is 0.255 e. The van der Waals surface area contributed by atoms with Gasteiger partial charge in [-0.1, -0.05) is 125 Å². The van der Waals surface area contributed by atoms with E-state index in [4.69, 9.17) is 0 Å². The van der Waals surface area contributed by atoms with Gasteiger partial charge in [0.1, 0.15) is 29.1 Å². The minimum absolute atomic E-state index is 0.0489. The Bertz CT molecular complexity index is 5200. The van der Waals surface area contributed by atoms with Crippen molar-refractivity contribution in [3.8, 4) is 0 Å². The summed E-state index contributed by atoms with van der Waals surface area (Å²) in [6, 6.07) is 13.2. The van der Waals surface area contributed by atoms with Crippen LogP contribution < -0.4 is 0 Å². The van der Waals surface area contributed by atoms with Crippen molar-refractivity contribution in [2.45, 2.75) is 318 Å². The van der Waals surface area contributed by atoms with Gasteiger partial charge in [-0.3, -0.25) is 47.9 Å². The summed E-state index contributed by atoms with van der Waals surface area (Å²) in [4.78, 5) is 135. The largest absolute Gasteiger partial charge is 0.324 e. The van der Waals surface area contributed by atoms with E-state index in [1.165, 1.54) is 36.8 Å². The Balaban J connectivity index is 0.000000112. The Morgan fingerprint density at radius 3 is 0.909 bits per heavy atom. The van der Waals surface area contributed by atoms with Gasteiger partial charge in [-0.2, -0.15) is 0 Å². The van der Waals surface area contributed by atoms with Crippen LogP contribution in [-0.2, 0) is 56.7 Å². The first-order valence-corrected chi connectivity index (χ1v) is 44.6. The summed E-state index contributed by atoms with van der Waals surface area (Å²) in [6.07, 6.45) is 29.2. The number of fused-ring (bicyclic) bond motifs is 5.